The van der Waals surface area contributed by atoms with Gasteiger partial charge in [-0.15, -0.1) is 0 Å². The van der Waals surface area contributed by atoms with Crippen molar-refractivity contribution < 1.29 is 22.9 Å². The Morgan fingerprint density at radius 3 is 2.56 bits per heavy atom. The van der Waals surface area contributed by atoms with Gasteiger partial charge in [0.05, 0.1) is 22.9 Å². The fourth-order valence-electron chi connectivity index (χ4n) is 4.33. The zero-order valence-corrected chi connectivity index (χ0v) is 20.5. The van der Waals surface area contributed by atoms with Crippen LogP contribution in [-0.2, 0) is 14.8 Å². The van der Waals surface area contributed by atoms with Gasteiger partial charge in [-0.1, -0.05) is 38.1 Å². The molecule has 0 saturated carbocycles. The van der Waals surface area contributed by atoms with Crippen molar-refractivity contribution in [2.24, 2.45) is 0 Å². The molecule has 0 fully saturated rings. The molecule has 1 aliphatic heterocycles. The molecule has 0 radical (unpaired) electrons. The number of sulfonamides is 1. The van der Waals surface area contributed by atoms with Crippen molar-refractivity contribution in [1.29, 1.82) is 0 Å². The normalized spacial score (nSPS) is 16.7. The first-order valence-electron chi connectivity index (χ1n) is 11.4. The predicted molar refractivity (Wildman–Crippen MR) is 130 cm³/mol. The molecule has 0 saturated heterocycles. The summed E-state index contributed by atoms with van der Waals surface area (Å²) in [5.74, 6) is 0.590. The van der Waals surface area contributed by atoms with Gasteiger partial charge in [-0.05, 0) is 31.4 Å². The first-order valence-corrected chi connectivity index (χ1v) is 13.2. The number of carbonyl (C=O) groups excluding carboxylic acids is 1. The average molecular weight is 490 g/mol. The SMILES string of the molecule is CCC1(CC)CC(NC(=O)CCCN(c2cccc([N+](=O)[O-])c2)S(C)(=O)=O)c2ccccc2O1. The lowest BCUT2D eigenvalue weighted by atomic mass is 9.83. The van der Waals surface area contributed by atoms with Crippen molar-refractivity contribution in [3.63, 3.8) is 0 Å². The number of hydrogen-bond acceptors (Lipinski definition) is 6. The highest BCUT2D eigenvalue weighted by Crippen LogP contribution is 2.42. The molecule has 0 spiro atoms. The summed E-state index contributed by atoms with van der Waals surface area (Å²) in [6.07, 6.45) is 3.71. The molecule has 0 aromatic heterocycles. The van der Waals surface area contributed by atoms with E-state index in [-0.39, 0.29) is 48.3 Å². The summed E-state index contributed by atoms with van der Waals surface area (Å²) in [6.45, 7) is 4.18. The molecule has 9 nitrogen and oxygen atoms in total. The number of anilines is 1. The van der Waals surface area contributed by atoms with Gasteiger partial charge in [0.25, 0.3) is 5.69 Å². The number of nitrogens with one attached hydrogen (secondary N) is 1. The number of nitro benzene ring substituents is 1. The maximum Gasteiger partial charge on any atom is 0.271 e. The fourth-order valence-corrected chi connectivity index (χ4v) is 5.29. The molecule has 0 aliphatic carbocycles. The van der Waals surface area contributed by atoms with Gasteiger partial charge in [-0.2, -0.15) is 0 Å². The van der Waals surface area contributed by atoms with E-state index in [1.165, 1.54) is 24.3 Å². The van der Waals surface area contributed by atoms with E-state index in [0.717, 1.165) is 34.7 Å². The van der Waals surface area contributed by atoms with Gasteiger partial charge in [-0.3, -0.25) is 19.2 Å². The summed E-state index contributed by atoms with van der Waals surface area (Å²) in [5.41, 5.74) is 0.591. The molecule has 1 atom stereocenters. The molecule has 10 heteroatoms. The van der Waals surface area contributed by atoms with Crippen LogP contribution in [0.5, 0.6) is 5.75 Å². The summed E-state index contributed by atoms with van der Waals surface area (Å²) in [7, 11) is -3.69. The number of carbonyl (C=O) groups is 1. The minimum Gasteiger partial charge on any atom is -0.487 e. The third-order valence-corrected chi connectivity index (χ3v) is 7.51. The predicted octanol–water partition coefficient (Wildman–Crippen LogP) is 4.34. The maximum atomic E-state index is 12.8. The second kappa shape index (κ2) is 10.4. The van der Waals surface area contributed by atoms with E-state index >= 15 is 0 Å². The van der Waals surface area contributed by atoms with Crippen LogP contribution in [0.1, 0.15) is 57.6 Å². The van der Waals surface area contributed by atoms with E-state index in [9.17, 15) is 23.3 Å². The van der Waals surface area contributed by atoms with Gasteiger partial charge in [0, 0.05) is 37.1 Å². The van der Waals surface area contributed by atoms with Crippen molar-refractivity contribution in [3.8, 4) is 5.75 Å². The van der Waals surface area contributed by atoms with Crippen LogP contribution >= 0.6 is 0 Å². The highest BCUT2D eigenvalue weighted by Gasteiger charge is 2.38. The molecule has 2 aromatic carbocycles. The zero-order chi connectivity index (χ0) is 24.9. The first kappa shape index (κ1) is 25.5. The molecule has 1 aliphatic rings. The van der Waals surface area contributed by atoms with Crippen molar-refractivity contribution in [3.05, 3.63) is 64.2 Å². The fraction of sp³-hybridized carbons (Fsp3) is 0.458. The number of nitro groups is 1. The lowest BCUT2D eigenvalue weighted by molar-refractivity contribution is -0.384. The minimum absolute atomic E-state index is 0.0334. The van der Waals surface area contributed by atoms with Crippen LogP contribution in [-0.4, -0.2) is 37.6 Å². The number of hydrogen-bond donors (Lipinski definition) is 1. The Kier molecular flexibility index (Phi) is 7.81. The molecule has 3 rings (SSSR count). The Balaban J connectivity index is 1.68. The molecular weight excluding hydrogens is 458 g/mol. The van der Waals surface area contributed by atoms with E-state index < -0.39 is 14.9 Å². The van der Waals surface area contributed by atoms with Gasteiger partial charge in [0.1, 0.15) is 11.4 Å². The van der Waals surface area contributed by atoms with Crippen LogP contribution in [0.4, 0.5) is 11.4 Å². The number of amides is 1. The van der Waals surface area contributed by atoms with Crippen molar-refractivity contribution in [2.75, 3.05) is 17.1 Å². The van der Waals surface area contributed by atoms with Gasteiger partial charge in [0.2, 0.25) is 15.9 Å². The Morgan fingerprint density at radius 1 is 1.21 bits per heavy atom. The van der Waals surface area contributed by atoms with Crippen molar-refractivity contribution in [2.45, 2.75) is 57.6 Å². The van der Waals surface area contributed by atoms with Crippen molar-refractivity contribution >= 4 is 27.3 Å². The number of non-ortho nitro benzene ring substituents is 1. The lowest BCUT2D eigenvalue weighted by Crippen LogP contribution is -2.44. The number of ether oxygens (including phenoxy) is 1. The van der Waals surface area contributed by atoms with Gasteiger partial charge < -0.3 is 10.1 Å². The molecule has 34 heavy (non-hydrogen) atoms. The van der Waals surface area contributed by atoms with E-state index in [2.05, 4.69) is 19.2 Å². The Labute approximate surface area is 200 Å². The second-order valence-corrected chi connectivity index (χ2v) is 10.5. The first-order chi connectivity index (χ1) is 16.1. The summed E-state index contributed by atoms with van der Waals surface area (Å²) >= 11 is 0. The van der Waals surface area contributed by atoms with Crippen LogP contribution in [0.2, 0.25) is 0 Å². The topological polar surface area (TPSA) is 119 Å². The average Bonchev–Trinajstić information content (AvgIpc) is 2.81. The van der Waals surface area contributed by atoms with Crippen LogP contribution in [0.25, 0.3) is 0 Å². The summed E-state index contributed by atoms with van der Waals surface area (Å²) < 4.78 is 32.0. The second-order valence-electron chi connectivity index (χ2n) is 8.57. The largest absolute Gasteiger partial charge is 0.487 e. The molecule has 0 bridgehead atoms. The molecule has 184 valence electrons. The quantitative estimate of drug-likeness (QED) is 0.392. The standard InChI is InChI=1S/C24H31N3O6S/c1-4-24(5-2)17-21(20-12-6-7-13-22(20)33-24)25-23(28)14-9-15-26(34(3,31)32)18-10-8-11-19(16-18)27(29)30/h6-8,10-13,16,21H,4-5,9,14-15,17H2,1-3H3,(H,25,28). The number of para-hydroxylation sites is 1. The third kappa shape index (κ3) is 5.85. The summed E-state index contributed by atoms with van der Waals surface area (Å²) in [6, 6.07) is 12.9. The van der Waals surface area contributed by atoms with E-state index in [4.69, 9.17) is 4.74 Å². The smallest absolute Gasteiger partial charge is 0.271 e. The number of benzene rings is 2. The Hall–Kier alpha value is -3.14. The Morgan fingerprint density at radius 2 is 1.91 bits per heavy atom. The lowest BCUT2D eigenvalue weighted by Gasteiger charge is -2.41. The molecule has 1 unspecified atom stereocenters. The Bertz CT molecular complexity index is 1150. The highest BCUT2D eigenvalue weighted by atomic mass is 32.2. The molecule has 1 heterocycles. The molecule has 2 aromatic rings. The molecular formula is C24H31N3O6S. The van der Waals surface area contributed by atoms with Gasteiger partial charge in [0.15, 0.2) is 0 Å². The number of fused-ring (bicyclic) bond motifs is 1. The molecule has 1 amide bonds. The summed E-state index contributed by atoms with van der Waals surface area (Å²) in [4.78, 5) is 23.3. The third-order valence-electron chi connectivity index (χ3n) is 6.31. The zero-order valence-electron chi connectivity index (χ0n) is 19.7. The van der Waals surface area contributed by atoms with Crippen LogP contribution < -0.4 is 14.4 Å². The van der Waals surface area contributed by atoms with E-state index in [0.29, 0.717) is 6.42 Å². The van der Waals surface area contributed by atoms with Crippen LogP contribution in [0.15, 0.2) is 48.5 Å². The van der Waals surface area contributed by atoms with Gasteiger partial charge in [-0.25, -0.2) is 8.42 Å². The van der Waals surface area contributed by atoms with Gasteiger partial charge >= 0.3 is 0 Å². The number of rotatable bonds is 10. The highest BCUT2D eigenvalue weighted by molar-refractivity contribution is 7.92. The van der Waals surface area contributed by atoms with Crippen LogP contribution in [0.3, 0.4) is 0 Å². The van der Waals surface area contributed by atoms with Crippen LogP contribution in [0, 0.1) is 10.1 Å². The maximum absolute atomic E-state index is 12.8. The summed E-state index contributed by atoms with van der Waals surface area (Å²) in [5, 5.41) is 14.2. The van der Waals surface area contributed by atoms with E-state index in [1.54, 1.807) is 0 Å². The van der Waals surface area contributed by atoms with Crippen molar-refractivity contribution in [1.82, 2.24) is 5.32 Å². The van der Waals surface area contributed by atoms with E-state index in [1.807, 2.05) is 24.3 Å². The molecule has 1 N–H and O–H groups in total. The monoisotopic (exact) mass is 489 g/mol. The number of nitrogens with zero attached hydrogens (tertiary/aromatic N) is 2. The minimum atomic E-state index is -3.69.